The third-order valence-corrected chi connectivity index (χ3v) is 3.52. The zero-order valence-corrected chi connectivity index (χ0v) is 12.8. The fraction of sp³-hybridized carbons (Fsp3) is 0.357. The molecule has 0 radical (unpaired) electrons. The van der Waals surface area contributed by atoms with Crippen molar-refractivity contribution in [1.82, 2.24) is 15.1 Å². The molecule has 0 aliphatic rings. The Bertz CT molecular complexity index is 539. The second-order valence-corrected chi connectivity index (χ2v) is 5.18. The van der Waals surface area contributed by atoms with Gasteiger partial charge in [-0.05, 0) is 6.07 Å². The highest BCUT2D eigenvalue weighted by atomic mass is 79.9. The van der Waals surface area contributed by atoms with Crippen molar-refractivity contribution in [2.45, 2.75) is 6.54 Å². The summed E-state index contributed by atoms with van der Waals surface area (Å²) in [5, 5.41) is 7.91. The minimum absolute atomic E-state index is 0.713. The summed E-state index contributed by atoms with van der Waals surface area (Å²) >= 11 is 3.58. The van der Waals surface area contributed by atoms with Crippen molar-refractivity contribution in [3.63, 3.8) is 0 Å². The minimum Gasteiger partial charge on any atom is -0.383 e. The predicted molar refractivity (Wildman–Crippen MR) is 79.9 cm³/mol. The van der Waals surface area contributed by atoms with Crippen molar-refractivity contribution in [2.24, 2.45) is 7.05 Å². The van der Waals surface area contributed by atoms with Crippen molar-refractivity contribution in [1.29, 1.82) is 0 Å². The lowest BCUT2D eigenvalue weighted by molar-refractivity contribution is 0.199. The molecule has 0 aliphatic heterocycles. The van der Waals surface area contributed by atoms with Gasteiger partial charge in [-0.15, -0.1) is 0 Å². The molecule has 4 nitrogen and oxygen atoms in total. The smallest absolute Gasteiger partial charge is 0.0979 e. The summed E-state index contributed by atoms with van der Waals surface area (Å²) in [6, 6.07) is 8.14. The van der Waals surface area contributed by atoms with Gasteiger partial charge >= 0.3 is 0 Å². The van der Waals surface area contributed by atoms with Crippen LogP contribution < -0.4 is 5.32 Å². The van der Waals surface area contributed by atoms with Gasteiger partial charge in [0.25, 0.3) is 0 Å². The molecule has 1 N–H and O–H groups in total. The number of methoxy groups -OCH3 is 1. The highest BCUT2D eigenvalue weighted by Gasteiger charge is 2.12. The molecule has 5 heteroatoms. The Morgan fingerprint density at radius 3 is 2.89 bits per heavy atom. The topological polar surface area (TPSA) is 39.1 Å². The molecule has 0 unspecified atom stereocenters. The maximum Gasteiger partial charge on any atom is 0.0979 e. The molecule has 0 saturated heterocycles. The number of halogens is 1. The van der Waals surface area contributed by atoms with Crippen molar-refractivity contribution in [3.8, 4) is 11.3 Å². The molecular weight excluding hydrogens is 306 g/mol. The van der Waals surface area contributed by atoms with Crippen LogP contribution in [0, 0.1) is 0 Å². The minimum atomic E-state index is 0.713. The van der Waals surface area contributed by atoms with E-state index in [0.717, 1.165) is 28.8 Å². The number of nitrogens with one attached hydrogen (secondary N) is 1. The molecule has 0 aliphatic carbocycles. The van der Waals surface area contributed by atoms with E-state index >= 15 is 0 Å². The number of ether oxygens (including phenoxy) is 1. The second kappa shape index (κ2) is 6.84. The van der Waals surface area contributed by atoms with Gasteiger partial charge in [-0.3, -0.25) is 4.68 Å². The van der Waals surface area contributed by atoms with E-state index in [0.29, 0.717) is 6.61 Å². The number of benzene rings is 1. The molecule has 2 rings (SSSR count). The summed E-state index contributed by atoms with van der Waals surface area (Å²) < 4.78 is 7.94. The number of hydrogen-bond acceptors (Lipinski definition) is 3. The van der Waals surface area contributed by atoms with Crippen LogP contribution in [0.1, 0.15) is 5.56 Å². The first kappa shape index (κ1) is 14.2. The normalized spacial score (nSPS) is 10.9. The van der Waals surface area contributed by atoms with Gasteiger partial charge in [0.05, 0.1) is 12.3 Å². The van der Waals surface area contributed by atoms with Crippen molar-refractivity contribution in [3.05, 3.63) is 40.5 Å². The van der Waals surface area contributed by atoms with Gasteiger partial charge in [-0.1, -0.05) is 34.1 Å². The SMILES string of the molecule is COCCNCc1cn(C)nc1-c1ccccc1Br. The second-order valence-electron chi connectivity index (χ2n) is 4.33. The molecule has 1 heterocycles. The average molecular weight is 324 g/mol. The summed E-state index contributed by atoms with van der Waals surface area (Å²) in [6.45, 7) is 2.33. The fourth-order valence-corrected chi connectivity index (χ4v) is 2.42. The lowest BCUT2D eigenvalue weighted by Crippen LogP contribution is -2.18. The first-order chi connectivity index (χ1) is 9.22. The van der Waals surface area contributed by atoms with Gasteiger partial charge in [0.2, 0.25) is 0 Å². The number of nitrogens with zero attached hydrogens (tertiary/aromatic N) is 2. The quantitative estimate of drug-likeness (QED) is 0.830. The van der Waals surface area contributed by atoms with Crippen LogP contribution in [0.3, 0.4) is 0 Å². The average Bonchev–Trinajstić information content (AvgIpc) is 2.76. The van der Waals surface area contributed by atoms with Crippen LogP contribution in [0.25, 0.3) is 11.3 Å². The van der Waals surface area contributed by atoms with Gasteiger partial charge < -0.3 is 10.1 Å². The summed E-state index contributed by atoms with van der Waals surface area (Å²) in [7, 11) is 3.65. The van der Waals surface area contributed by atoms with E-state index in [2.05, 4.69) is 38.6 Å². The highest BCUT2D eigenvalue weighted by molar-refractivity contribution is 9.10. The maximum atomic E-state index is 5.03. The molecule has 2 aromatic rings. The maximum absolute atomic E-state index is 5.03. The molecule has 0 spiro atoms. The zero-order chi connectivity index (χ0) is 13.7. The summed E-state index contributed by atoms with van der Waals surface area (Å²) in [5.41, 5.74) is 3.32. The summed E-state index contributed by atoms with van der Waals surface area (Å²) in [6.07, 6.45) is 2.05. The Labute approximate surface area is 121 Å². The van der Waals surface area contributed by atoms with Crippen molar-refractivity contribution in [2.75, 3.05) is 20.3 Å². The Morgan fingerprint density at radius 2 is 2.16 bits per heavy atom. The molecule has 0 saturated carbocycles. The Hall–Kier alpha value is -1.17. The van der Waals surface area contributed by atoms with Crippen LogP contribution in [0.2, 0.25) is 0 Å². The predicted octanol–water partition coefficient (Wildman–Crippen LogP) is 2.59. The molecule has 0 amide bonds. The molecular formula is C14H18BrN3O. The number of rotatable bonds is 6. The van der Waals surface area contributed by atoms with E-state index in [1.54, 1.807) is 7.11 Å². The third-order valence-electron chi connectivity index (χ3n) is 2.83. The lowest BCUT2D eigenvalue weighted by atomic mass is 10.1. The van der Waals surface area contributed by atoms with Crippen molar-refractivity contribution >= 4 is 15.9 Å². The van der Waals surface area contributed by atoms with E-state index in [4.69, 9.17) is 4.74 Å². The molecule has 102 valence electrons. The first-order valence-electron chi connectivity index (χ1n) is 6.19. The Kier molecular flexibility index (Phi) is 5.13. The summed E-state index contributed by atoms with van der Waals surface area (Å²) in [5.74, 6) is 0. The van der Waals surface area contributed by atoms with Gasteiger partial charge in [-0.2, -0.15) is 5.10 Å². The number of aromatic nitrogens is 2. The van der Waals surface area contributed by atoms with E-state index in [1.165, 1.54) is 5.56 Å². The lowest BCUT2D eigenvalue weighted by Gasteiger charge is -2.06. The third kappa shape index (κ3) is 3.65. The van der Waals surface area contributed by atoms with E-state index in [-0.39, 0.29) is 0 Å². The van der Waals surface area contributed by atoms with Crippen molar-refractivity contribution < 1.29 is 4.74 Å². The van der Waals surface area contributed by atoms with Crippen LogP contribution in [0.15, 0.2) is 34.9 Å². The molecule has 0 fully saturated rings. The van der Waals surface area contributed by atoms with Crippen LogP contribution in [-0.4, -0.2) is 30.0 Å². The van der Waals surface area contributed by atoms with Gasteiger partial charge in [0.1, 0.15) is 0 Å². The van der Waals surface area contributed by atoms with E-state index in [1.807, 2.05) is 29.9 Å². The first-order valence-corrected chi connectivity index (χ1v) is 6.98. The van der Waals surface area contributed by atoms with E-state index in [9.17, 15) is 0 Å². The van der Waals surface area contributed by atoms with Gasteiger partial charge in [-0.25, -0.2) is 0 Å². The molecule has 1 aromatic heterocycles. The van der Waals surface area contributed by atoms with Crippen LogP contribution in [0.5, 0.6) is 0 Å². The molecule has 0 bridgehead atoms. The van der Waals surface area contributed by atoms with Crippen LogP contribution in [0.4, 0.5) is 0 Å². The van der Waals surface area contributed by atoms with Gasteiger partial charge in [0, 0.05) is 49.0 Å². The van der Waals surface area contributed by atoms with E-state index < -0.39 is 0 Å². The number of aryl methyl sites for hydroxylation is 1. The Balaban J connectivity index is 2.19. The Morgan fingerprint density at radius 1 is 1.37 bits per heavy atom. The monoisotopic (exact) mass is 323 g/mol. The van der Waals surface area contributed by atoms with Gasteiger partial charge in [0.15, 0.2) is 0 Å². The fourth-order valence-electron chi connectivity index (χ4n) is 1.94. The highest BCUT2D eigenvalue weighted by Crippen LogP contribution is 2.29. The standard InChI is InChI=1S/C14H18BrN3O/c1-18-10-11(9-16-7-8-19-2)14(17-18)12-5-3-4-6-13(12)15/h3-6,10,16H,7-9H2,1-2H3. The number of hydrogen-bond donors (Lipinski definition) is 1. The molecule has 19 heavy (non-hydrogen) atoms. The molecule has 0 atom stereocenters. The molecule has 1 aromatic carbocycles. The summed E-state index contributed by atoms with van der Waals surface area (Å²) in [4.78, 5) is 0. The van der Waals surface area contributed by atoms with Crippen LogP contribution in [-0.2, 0) is 18.3 Å². The van der Waals surface area contributed by atoms with Crippen LogP contribution >= 0.6 is 15.9 Å². The zero-order valence-electron chi connectivity index (χ0n) is 11.2. The largest absolute Gasteiger partial charge is 0.383 e.